The molecule has 0 heterocycles. The largest absolute Gasteiger partial charge is 0.481 e. The van der Waals surface area contributed by atoms with Gasteiger partial charge in [-0.05, 0) is 91.8 Å². The number of Topliss-reactive ketones (excluding diaryl/α,β-unsaturated/α-hetero) is 1. The molecule has 1 unspecified atom stereocenters. The van der Waals surface area contributed by atoms with Gasteiger partial charge in [-0.15, -0.1) is 0 Å². The molecule has 4 fully saturated rings. The summed E-state index contributed by atoms with van der Waals surface area (Å²) in [7, 11) is 2.43. The van der Waals surface area contributed by atoms with Gasteiger partial charge < -0.3 is 9.63 Å². The SMILES string of the molecule is C[C@H](CCC(=O)O)[C@H]1CC[C@H]2[C@@H]3C(=O)C[C@@H]4C[C@H](OP)CC[C@]4(C)[C@H]3CC[C@]12C. The van der Waals surface area contributed by atoms with E-state index < -0.39 is 5.97 Å². The number of carbonyl (C=O) groups excluding carboxylic acids is 1. The summed E-state index contributed by atoms with van der Waals surface area (Å²) in [6.45, 7) is 7.16. The van der Waals surface area contributed by atoms with Gasteiger partial charge in [-0.2, -0.15) is 0 Å². The van der Waals surface area contributed by atoms with Gasteiger partial charge in [0.25, 0.3) is 0 Å². The van der Waals surface area contributed by atoms with Crippen molar-refractivity contribution in [2.45, 2.75) is 91.1 Å². The second kappa shape index (κ2) is 7.90. The molecule has 0 aromatic heterocycles. The van der Waals surface area contributed by atoms with Crippen LogP contribution in [0.15, 0.2) is 0 Å². The molecule has 1 N–H and O–H groups in total. The molecular weight excluding hydrogens is 383 g/mol. The molecule has 29 heavy (non-hydrogen) atoms. The monoisotopic (exact) mass is 422 g/mol. The van der Waals surface area contributed by atoms with Crippen LogP contribution in [0.2, 0.25) is 0 Å². The topological polar surface area (TPSA) is 63.6 Å². The summed E-state index contributed by atoms with van der Waals surface area (Å²) in [5.74, 6) is 2.57. The summed E-state index contributed by atoms with van der Waals surface area (Å²) in [5.41, 5.74) is 0.491. The van der Waals surface area contributed by atoms with E-state index in [1.165, 1.54) is 25.7 Å². The van der Waals surface area contributed by atoms with E-state index >= 15 is 0 Å². The van der Waals surface area contributed by atoms with Gasteiger partial charge in [-0.1, -0.05) is 20.8 Å². The van der Waals surface area contributed by atoms with Crippen LogP contribution in [-0.2, 0) is 14.1 Å². The zero-order valence-corrected chi connectivity index (χ0v) is 19.5. The molecule has 0 bridgehead atoms. The van der Waals surface area contributed by atoms with E-state index in [0.29, 0.717) is 41.5 Å². The first-order valence-electron chi connectivity index (χ1n) is 11.8. The van der Waals surface area contributed by atoms with Crippen LogP contribution < -0.4 is 0 Å². The standard InChI is InChI=1S/C24H39O4P/c1-14(4-7-21(26)27)17-5-6-18-22-19(9-11-24(17,18)3)23(2)10-8-16(28-29)12-15(23)13-20(22)25/h14-19,22H,4-13,29H2,1-3H3,(H,26,27)/t14-,15+,16-,17-,18+,19+,22+,23+,24-/m1/s1. The molecule has 0 radical (unpaired) electrons. The minimum Gasteiger partial charge on any atom is -0.481 e. The first kappa shape index (κ1) is 21.8. The van der Waals surface area contributed by atoms with Gasteiger partial charge in [-0.3, -0.25) is 9.59 Å². The second-order valence-corrected chi connectivity index (χ2v) is 11.6. The molecule has 0 aromatic rings. The maximum atomic E-state index is 13.5. The van der Waals surface area contributed by atoms with Crippen molar-refractivity contribution in [3.63, 3.8) is 0 Å². The third-order valence-electron chi connectivity index (χ3n) is 10.2. The number of aliphatic carboxylic acids is 1. The summed E-state index contributed by atoms with van der Waals surface area (Å²) in [5, 5.41) is 9.11. The molecule has 4 saturated carbocycles. The molecule has 10 atom stereocenters. The highest BCUT2D eigenvalue weighted by Crippen LogP contribution is 2.67. The van der Waals surface area contributed by atoms with Crippen LogP contribution >= 0.6 is 9.47 Å². The van der Waals surface area contributed by atoms with Crippen molar-refractivity contribution >= 4 is 21.2 Å². The van der Waals surface area contributed by atoms with Crippen molar-refractivity contribution in [1.82, 2.24) is 0 Å². The van der Waals surface area contributed by atoms with Crippen LogP contribution in [0.4, 0.5) is 0 Å². The Kier molecular flexibility index (Phi) is 5.92. The average molecular weight is 423 g/mol. The smallest absolute Gasteiger partial charge is 0.303 e. The summed E-state index contributed by atoms with van der Waals surface area (Å²) in [4.78, 5) is 24.5. The normalized spacial score (nSPS) is 47.8. The lowest BCUT2D eigenvalue weighted by molar-refractivity contribution is -0.159. The summed E-state index contributed by atoms with van der Waals surface area (Å²) in [6.07, 6.45) is 10.1. The highest BCUT2D eigenvalue weighted by molar-refractivity contribution is 7.09. The van der Waals surface area contributed by atoms with Crippen molar-refractivity contribution in [2.75, 3.05) is 0 Å². The first-order valence-corrected chi connectivity index (χ1v) is 12.3. The molecule has 4 aliphatic rings. The molecule has 0 spiro atoms. The van der Waals surface area contributed by atoms with Gasteiger partial charge >= 0.3 is 5.97 Å². The lowest BCUT2D eigenvalue weighted by Gasteiger charge is -2.60. The number of carboxylic acids is 1. The van der Waals surface area contributed by atoms with Gasteiger partial charge in [-0.25, -0.2) is 0 Å². The Bertz CT molecular complexity index is 665. The van der Waals surface area contributed by atoms with Gasteiger partial charge in [0, 0.05) is 28.2 Å². The Balaban J connectivity index is 1.55. The fourth-order valence-electron chi connectivity index (χ4n) is 8.54. The predicted octanol–water partition coefficient (Wildman–Crippen LogP) is 5.50. The van der Waals surface area contributed by atoms with Gasteiger partial charge in [0.05, 0.1) is 6.10 Å². The molecule has 4 nitrogen and oxygen atoms in total. The van der Waals surface area contributed by atoms with E-state index in [9.17, 15) is 9.59 Å². The van der Waals surface area contributed by atoms with Crippen LogP contribution in [0.3, 0.4) is 0 Å². The number of fused-ring (bicyclic) bond motifs is 5. The van der Waals surface area contributed by atoms with Gasteiger partial charge in [0.2, 0.25) is 0 Å². The second-order valence-electron chi connectivity index (χ2n) is 11.3. The Hall–Kier alpha value is -0.470. The van der Waals surface area contributed by atoms with E-state index in [0.717, 1.165) is 32.1 Å². The highest BCUT2D eigenvalue weighted by Gasteiger charge is 2.63. The molecule has 4 rings (SSSR count). The minimum absolute atomic E-state index is 0.207. The highest BCUT2D eigenvalue weighted by atomic mass is 31.0. The number of hydrogen-bond acceptors (Lipinski definition) is 3. The van der Waals surface area contributed by atoms with E-state index in [1.54, 1.807) is 0 Å². The zero-order valence-electron chi connectivity index (χ0n) is 18.4. The van der Waals surface area contributed by atoms with Crippen molar-refractivity contribution in [3.05, 3.63) is 0 Å². The van der Waals surface area contributed by atoms with Crippen molar-refractivity contribution < 1.29 is 19.2 Å². The van der Waals surface area contributed by atoms with Crippen LogP contribution in [0.5, 0.6) is 0 Å². The molecule has 164 valence electrons. The third kappa shape index (κ3) is 3.51. The number of ketones is 1. The Morgan fingerprint density at radius 3 is 2.55 bits per heavy atom. The van der Waals surface area contributed by atoms with Crippen LogP contribution in [0, 0.1) is 46.3 Å². The third-order valence-corrected chi connectivity index (χ3v) is 10.6. The average Bonchev–Trinajstić information content (AvgIpc) is 3.03. The van der Waals surface area contributed by atoms with E-state index in [-0.39, 0.29) is 23.2 Å². The van der Waals surface area contributed by atoms with E-state index in [4.69, 9.17) is 9.63 Å². The van der Waals surface area contributed by atoms with Crippen LogP contribution in [0.25, 0.3) is 0 Å². The number of carboxylic acid groups (broad SMARTS) is 1. The van der Waals surface area contributed by atoms with Gasteiger partial charge in [0.1, 0.15) is 5.78 Å². The summed E-state index contributed by atoms with van der Waals surface area (Å²) < 4.78 is 5.59. The Morgan fingerprint density at radius 2 is 1.86 bits per heavy atom. The Labute approximate surface area is 178 Å². The molecule has 5 heteroatoms. The van der Waals surface area contributed by atoms with E-state index in [2.05, 4.69) is 30.2 Å². The van der Waals surface area contributed by atoms with Crippen LogP contribution in [0.1, 0.15) is 85.0 Å². The summed E-state index contributed by atoms with van der Waals surface area (Å²) >= 11 is 0. The number of carbonyl (C=O) groups is 2. The number of hydrogen-bond donors (Lipinski definition) is 1. The molecule has 0 saturated heterocycles. The minimum atomic E-state index is -0.688. The van der Waals surface area contributed by atoms with E-state index in [1.807, 2.05) is 0 Å². The lowest BCUT2D eigenvalue weighted by Crippen LogP contribution is -2.57. The number of rotatable bonds is 5. The predicted molar refractivity (Wildman–Crippen MR) is 116 cm³/mol. The fraction of sp³-hybridized carbons (Fsp3) is 0.917. The van der Waals surface area contributed by atoms with Crippen LogP contribution in [-0.4, -0.2) is 23.0 Å². The first-order chi connectivity index (χ1) is 13.7. The summed E-state index contributed by atoms with van der Waals surface area (Å²) in [6, 6.07) is 0. The molecule has 0 amide bonds. The van der Waals surface area contributed by atoms with Crippen molar-refractivity contribution in [3.8, 4) is 0 Å². The molecule has 4 aliphatic carbocycles. The zero-order chi connectivity index (χ0) is 21.0. The maximum absolute atomic E-state index is 13.5. The fourth-order valence-corrected chi connectivity index (χ4v) is 8.79. The van der Waals surface area contributed by atoms with Crippen molar-refractivity contribution in [1.29, 1.82) is 0 Å². The van der Waals surface area contributed by atoms with Crippen molar-refractivity contribution in [2.24, 2.45) is 46.3 Å². The molecule has 0 aliphatic heterocycles. The lowest BCUT2D eigenvalue weighted by atomic mass is 9.44. The van der Waals surface area contributed by atoms with Gasteiger partial charge in [0.15, 0.2) is 0 Å². The molecular formula is C24H39O4P. The molecule has 0 aromatic carbocycles. The Morgan fingerprint density at radius 1 is 1.17 bits per heavy atom. The maximum Gasteiger partial charge on any atom is 0.303 e. The quantitative estimate of drug-likeness (QED) is 0.594.